The number of anilines is 1. The van der Waals surface area contributed by atoms with E-state index >= 15 is 0 Å². The van der Waals surface area contributed by atoms with E-state index in [9.17, 15) is 14.0 Å². The highest BCUT2D eigenvalue weighted by atomic mass is 19.1. The van der Waals surface area contributed by atoms with Gasteiger partial charge in [0.05, 0.1) is 31.8 Å². The Hall–Kier alpha value is -4.29. The van der Waals surface area contributed by atoms with E-state index in [1.54, 1.807) is 12.1 Å². The Kier molecular flexibility index (Phi) is 7.10. The molecule has 2 amide bonds. The lowest BCUT2D eigenvalue weighted by Crippen LogP contribution is -2.48. The zero-order valence-corrected chi connectivity index (χ0v) is 16.9. The van der Waals surface area contributed by atoms with Gasteiger partial charge in [0.15, 0.2) is 5.96 Å². The molecule has 0 unspecified atom stereocenters. The summed E-state index contributed by atoms with van der Waals surface area (Å²) in [5.74, 6) is -0.852. The number of nitrogens with two attached hydrogens (primary N) is 2. The molecule has 12 nitrogen and oxygen atoms in total. The third-order valence-corrected chi connectivity index (χ3v) is 4.35. The van der Waals surface area contributed by atoms with E-state index < -0.39 is 17.8 Å². The number of halogens is 1. The van der Waals surface area contributed by atoms with Crippen molar-refractivity contribution in [2.45, 2.75) is 13.0 Å². The third-order valence-electron chi connectivity index (χ3n) is 4.35. The number of carbonyl (C=O) groups is 2. The van der Waals surface area contributed by atoms with Crippen LogP contribution in [0.15, 0.2) is 40.7 Å². The molecule has 1 aromatic heterocycles. The summed E-state index contributed by atoms with van der Waals surface area (Å²) in [5.41, 5.74) is 12.2. The van der Waals surface area contributed by atoms with Crippen LogP contribution in [0.1, 0.15) is 12.0 Å². The van der Waals surface area contributed by atoms with E-state index in [-0.39, 0.29) is 36.7 Å². The summed E-state index contributed by atoms with van der Waals surface area (Å²) in [4.78, 5) is 40.4. The van der Waals surface area contributed by atoms with Gasteiger partial charge in [-0.25, -0.2) is 24.1 Å². The average Bonchev–Trinajstić information content (AvgIpc) is 2.71. The number of guanidine groups is 1. The number of rotatable bonds is 8. The minimum Gasteiger partial charge on any atom is -0.465 e. The number of carboxylic acid groups (broad SMARTS) is 1. The van der Waals surface area contributed by atoms with Gasteiger partial charge < -0.3 is 26.3 Å². The van der Waals surface area contributed by atoms with E-state index in [1.165, 1.54) is 18.5 Å². The molecule has 2 aromatic rings. The van der Waals surface area contributed by atoms with Crippen LogP contribution in [0, 0.1) is 5.82 Å². The van der Waals surface area contributed by atoms with Crippen molar-refractivity contribution < 1.29 is 23.9 Å². The summed E-state index contributed by atoms with van der Waals surface area (Å²) in [6.07, 6.45) is 1.76. The van der Waals surface area contributed by atoms with Gasteiger partial charge in [-0.05, 0) is 0 Å². The number of hydrogen-bond donors (Lipinski definition) is 4. The summed E-state index contributed by atoms with van der Waals surface area (Å²) in [6, 6.07) is 4.75. The molecule has 0 saturated carbocycles. The third kappa shape index (κ3) is 5.87. The number of nitrogens with zero attached hydrogens (tertiary/aromatic N) is 5. The van der Waals surface area contributed by atoms with Gasteiger partial charge in [0.1, 0.15) is 12.4 Å². The molecule has 1 aromatic carbocycles. The smallest absolute Gasteiger partial charge is 0.411 e. The zero-order valence-electron chi connectivity index (χ0n) is 16.9. The molecule has 0 aliphatic carbocycles. The van der Waals surface area contributed by atoms with Gasteiger partial charge in [-0.2, -0.15) is 0 Å². The van der Waals surface area contributed by atoms with E-state index in [1.807, 2.05) is 10.2 Å². The number of hydrogen-bond acceptors (Lipinski definition) is 8. The Morgan fingerprint density at radius 1 is 1.25 bits per heavy atom. The van der Waals surface area contributed by atoms with E-state index in [4.69, 9.17) is 21.4 Å². The fraction of sp³-hybridized carbons (Fsp3) is 0.263. The van der Waals surface area contributed by atoms with Crippen molar-refractivity contribution in [1.29, 1.82) is 0 Å². The van der Waals surface area contributed by atoms with Crippen LogP contribution in [0.2, 0.25) is 0 Å². The molecule has 13 heteroatoms. The predicted octanol–water partition coefficient (Wildman–Crippen LogP) is 0.433. The highest BCUT2D eigenvalue weighted by Crippen LogP contribution is 2.25. The van der Waals surface area contributed by atoms with Crippen LogP contribution >= 0.6 is 0 Å². The Morgan fingerprint density at radius 3 is 2.62 bits per heavy atom. The molecule has 0 spiro atoms. The first-order chi connectivity index (χ1) is 15.3. The Balaban J connectivity index is 1.61. The first-order valence-electron chi connectivity index (χ1n) is 9.44. The Morgan fingerprint density at radius 2 is 1.97 bits per heavy atom. The van der Waals surface area contributed by atoms with Crippen LogP contribution in [0.5, 0.6) is 0 Å². The van der Waals surface area contributed by atoms with Crippen LogP contribution in [0.25, 0.3) is 11.1 Å². The van der Waals surface area contributed by atoms with Crippen LogP contribution < -0.4 is 21.7 Å². The minimum atomic E-state index is -1.35. The first kappa shape index (κ1) is 22.4. The quantitative estimate of drug-likeness (QED) is 0.196. The van der Waals surface area contributed by atoms with Gasteiger partial charge in [0.25, 0.3) is 0 Å². The number of primary amides is 1. The summed E-state index contributed by atoms with van der Waals surface area (Å²) in [5, 5.41) is 14.4. The molecule has 0 radical (unpaired) electrons. The largest absolute Gasteiger partial charge is 0.465 e. The predicted molar refractivity (Wildman–Crippen MR) is 113 cm³/mol. The Bertz CT molecular complexity index is 1050. The van der Waals surface area contributed by atoms with Crippen molar-refractivity contribution in [3.05, 3.63) is 42.0 Å². The average molecular weight is 444 g/mol. The number of aliphatic imine (C=N–C) groups is 1. The lowest BCUT2D eigenvalue weighted by Gasteiger charge is -2.31. The number of carbonyl (C=O) groups excluding carboxylic acids is 1. The van der Waals surface area contributed by atoms with Crippen molar-refractivity contribution in [1.82, 2.24) is 15.3 Å². The molecule has 1 aliphatic rings. The summed E-state index contributed by atoms with van der Waals surface area (Å²) in [6.45, 7) is 0.942. The SMILES string of the molecule is NC(=O)CCON=C1CN(c2ncc(-c3cccc(CN=C(N)NC(=O)O)c3F)cn2)C1. The zero-order chi connectivity index (χ0) is 23.1. The van der Waals surface area contributed by atoms with Gasteiger partial charge in [0.2, 0.25) is 11.9 Å². The van der Waals surface area contributed by atoms with Gasteiger partial charge in [-0.15, -0.1) is 0 Å². The second-order valence-corrected chi connectivity index (χ2v) is 6.75. The monoisotopic (exact) mass is 444 g/mol. The highest BCUT2D eigenvalue weighted by Gasteiger charge is 2.25. The van der Waals surface area contributed by atoms with Crippen LogP contribution in [0.3, 0.4) is 0 Å². The standard InChI is InChI=1S/C19H21FN8O4/c20-16-11(6-23-17(22)26-19(30)31)2-1-3-14(16)12-7-24-18(25-8-12)28-9-13(10-28)27-32-5-4-15(21)29/h1-3,7-8H,4-6,9-10H2,(H2,21,29)(H,30,31)(H3,22,23,26). The molecule has 1 saturated heterocycles. The molecule has 0 atom stereocenters. The maximum Gasteiger partial charge on any atom is 0.411 e. The van der Waals surface area contributed by atoms with Crippen molar-refractivity contribution in [2.24, 2.45) is 21.6 Å². The number of oxime groups is 1. The van der Waals surface area contributed by atoms with Crippen molar-refractivity contribution in [2.75, 3.05) is 24.6 Å². The van der Waals surface area contributed by atoms with Crippen molar-refractivity contribution in [3.8, 4) is 11.1 Å². The fourth-order valence-corrected chi connectivity index (χ4v) is 2.74. The van der Waals surface area contributed by atoms with Gasteiger partial charge in [-0.3, -0.25) is 10.1 Å². The summed E-state index contributed by atoms with van der Waals surface area (Å²) < 4.78 is 14.9. The second kappa shape index (κ2) is 10.1. The molecule has 3 rings (SSSR count). The Labute approximate surface area is 181 Å². The van der Waals surface area contributed by atoms with Crippen LogP contribution in [-0.2, 0) is 16.2 Å². The minimum absolute atomic E-state index is 0.0990. The topological polar surface area (TPSA) is 181 Å². The number of benzene rings is 1. The lowest BCUT2D eigenvalue weighted by atomic mass is 10.0. The van der Waals surface area contributed by atoms with E-state index in [2.05, 4.69) is 20.1 Å². The number of nitrogens with one attached hydrogen (secondary N) is 1. The van der Waals surface area contributed by atoms with Crippen molar-refractivity contribution in [3.63, 3.8) is 0 Å². The molecule has 2 heterocycles. The fourth-order valence-electron chi connectivity index (χ4n) is 2.74. The first-order valence-corrected chi connectivity index (χ1v) is 9.44. The lowest BCUT2D eigenvalue weighted by molar-refractivity contribution is -0.119. The second-order valence-electron chi connectivity index (χ2n) is 6.75. The normalized spacial score (nSPS) is 13.3. The molecule has 1 fully saturated rings. The van der Waals surface area contributed by atoms with Crippen LogP contribution in [-0.4, -0.2) is 58.4 Å². The summed E-state index contributed by atoms with van der Waals surface area (Å²) >= 11 is 0. The molecule has 0 bridgehead atoms. The molecular weight excluding hydrogens is 423 g/mol. The maximum absolute atomic E-state index is 14.9. The van der Waals surface area contributed by atoms with Gasteiger partial charge >= 0.3 is 6.09 Å². The molecule has 32 heavy (non-hydrogen) atoms. The van der Waals surface area contributed by atoms with Crippen molar-refractivity contribution >= 4 is 29.6 Å². The van der Waals surface area contributed by atoms with E-state index in [0.717, 1.165) is 5.71 Å². The van der Waals surface area contributed by atoms with Crippen LogP contribution in [0.4, 0.5) is 15.1 Å². The molecule has 168 valence electrons. The van der Waals surface area contributed by atoms with E-state index in [0.29, 0.717) is 24.6 Å². The highest BCUT2D eigenvalue weighted by molar-refractivity contribution is 5.98. The maximum atomic E-state index is 14.9. The summed E-state index contributed by atoms with van der Waals surface area (Å²) in [7, 11) is 0. The number of aromatic nitrogens is 2. The molecule has 6 N–H and O–H groups in total. The molecule has 1 aliphatic heterocycles. The van der Waals surface area contributed by atoms with Gasteiger partial charge in [0, 0.05) is 29.1 Å². The van der Waals surface area contributed by atoms with Gasteiger partial charge in [-0.1, -0.05) is 23.4 Å². The number of amides is 2. The molecular formula is C19H21FN8O4.